The topological polar surface area (TPSA) is 64.8 Å². The minimum Gasteiger partial charge on any atom is -0.486 e. The minimum atomic E-state index is -0.511. The lowest BCUT2D eigenvalue weighted by atomic mass is 10.1. The van der Waals surface area contributed by atoms with Crippen molar-refractivity contribution >= 4 is 22.9 Å². The number of nitrogens with two attached hydrogens (primary N) is 1. The second kappa shape index (κ2) is 7.02. The van der Waals surface area contributed by atoms with Crippen LogP contribution in [0.1, 0.15) is 18.2 Å². The molecule has 1 aliphatic rings. The Bertz CT molecular complexity index is 672. The first-order valence-corrected chi connectivity index (χ1v) is 8.56. The maximum atomic E-state index is 12.7. The number of fused-ring (bicyclic) bond motifs is 1. The van der Waals surface area contributed by atoms with E-state index in [-0.39, 0.29) is 5.91 Å². The molecule has 2 N–H and O–H groups in total. The van der Waals surface area contributed by atoms with E-state index in [1.807, 2.05) is 42.6 Å². The Morgan fingerprint density at radius 1 is 1.30 bits per heavy atom. The molecule has 1 atom stereocenters. The van der Waals surface area contributed by atoms with Crippen molar-refractivity contribution in [2.75, 3.05) is 18.1 Å². The van der Waals surface area contributed by atoms with Crippen LogP contribution in [0.5, 0.6) is 11.5 Å². The Kier molecular flexibility index (Phi) is 4.83. The SMILES string of the molecule is CC[C@H](N)C(=O)N(Cc1cccs1)c1ccc2c(c1)OCCO2. The van der Waals surface area contributed by atoms with Crippen LogP contribution in [0.4, 0.5) is 5.69 Å². The first kappa shape index (κ1) is 15.8. The first-order valence-electron chi connectivity index (χ1n) is 7.68. The monoisotopic (exact) mass is 332 g/mol. The number of carbonyl (C=O) groups is 1. The highest BCUT2D eigenvalue weighted by atomic mass is 32.1. The van der Waals surface area contributed by atoms with E-state index in [2.05, 4.69) is 0 Å². The lowest BCUT2D eigenvalue weighted by molar-refractivity contribution is -0.120. The molecule has 3 rings (SSSR count). The zero-order valence-corrected chi connectivity index (χ0v) is 13.8. The third-order valence-electron chi connectivity index (χ3n) is 3.75. The highest BCUT2D eigenvalue weighted by molar-refractivity contribution is 7.09. The van der Waals surface area contributed by atoms with Crippen molar-refractivity contribution in [3.8, 4) is 11.5 Å². The summed E-state index contributed by atoms with van der Waals surface area (Å²) >= 11 is 1.62. The standard InChI is InChI=1S/C17H20N2O3S/c1-2-14(18)17(20)19(11-13-4-3-9-23-13)12-5-6-15-16(10-12)22-8-7-21-15/h3-6,9-10,14H,2,7-8,11,18H2,1H3/t14-/m0/s1. The van der Waals surface area contributed by atoms with Gasteiger partial charge in [0.1, 0.15) is 13.2 Å². The molecule has 2 aromatic rings. The van der Waals surface area contributed by atoms with Crippen LogP contribution in [0.15, 0.2) is 35.7 Å². The Morgan fingerprint density at radius 2 is 2.09 bits per heavy atom. The number of nitrogens with zero attached hydrogens (tertiary/aromatic N) is 1. The van der Waals surface area contributed by atoms with Crippen LogP contribution in [-0.4, -0.2) is 25.2 Å². The summed E-state index contributed by atoms with van der Waals surface area (Å²) in [5.74, 6) is 1.30. The van der Waals surface area contributed by atoms with E-state index in [1.165, 1.54) is 0 Å². The van der Waals surface area contributed by atoms with Gasteiger partial charge in [0.2, 0.25) is 5.91 Å². The summed E-state index contributed by atoms with van der Waals surface area (Å²) in [5, 5.41) is 2.00. The van der Waals surface area contributed by atoms with Gasteiger partial charge < -0.3 is 20.1 Å². The average molecular weight is 332 g/mol. The number of benzene rings is 1. The Morgan fingerprint density at radius 3 is 2.78 bits per heavy atom. The smallest absolute Gasteiger partial charge is 0.244 e. The van der Waals surface area contributed by atoms with Gasteiger partial charge in [-0.2, -0.15) is 0 Å². The fourth-order valence-corrected chi connectivity index (χ4v) is 3.12. The van der Waals surface area contributed by atoms with Gasteiger partial charge in [0.25, 0.3) is 0 Å². The van der Waals surface area contributed by atoms with Gasteiger partial charge >= 0.3 is 0 Å². The second-order valence-corrected chi connectivity index (χ2v) is 6.38. The number of rotatable bonds is 5. The van der Waals surface area contributed by atoms with E-state index >= 15 is 0 Å². The molecular formula is C17H20N2O3S. The van der Waals surface area contributed by atoms with E-state index in [9.17, 15) is 4.79 Å². The molecule has 2 heterocycles. The molecule has 0 bridgehead atoms. The first-order chi connectivity index (χ1) is 11.2. The van der Waals surface area contributed by atoms with Crippen LogP contribution in [0, 0.1) is 0 Å². The van der Waals surface area contributed by atoms with Crippen LogP contribution in [0.3, 0.4) is 0 Å². The number of hydrogen-bond donors (Lipinski definition) is 1. The van der Waals surface area contributed by atoms with E-state index < -0.39 is 6.04 Å². The largest absolute Gasteiger partial charge is 0.486 e. The molecule has 1 aromatic heterocycles. The second-order valence-electron chi connectivity index (χ2n) is 5.35. The molecule has 5 nitrogen and oxygen atoms in total. The van der Waals surface area contributed by atoms with Gasteiger partial charge in [-0.25, -0.2) is 0 Å². The van der Waals surface area contributed by atoms with E-state index in [0.717, 1.165) is 10.6 Å². The highest BCUT2D eigenvalue weighted by Gasteiger charge is 2.23. The van der Waals surface area contributed by atoms with Crippen LogP contribution >= 0.6 is 11.3 Å². The predicted molar refractivity (Wildman–Crippen MR) is 91.2 cm³/mol. The maximum absolute atomic E-state index is 12.7. The molecule has 0 unspecified atom stereocenters. The number of amides is 1. The molecule has 1 aromatic carbocycles. The molecule has 122 valence electrons. The Labute approximate surface area is 139 Å². The van der Waals surface area contributed by atoms with Crippen LogP contribution < -0.4 is 20.1 Å². The van der Waals surface area contributed by atoms with Crippen molar-refractivity contribution in [3.63, 3.8) is 0 Å². The summed E-state index contributed by atoms with van der Waals surface area (Å²) in [4.78, 5) is 15.5. The molecular weight excluding hydrogens is 312 g/mol. The third kappa shape index (κ3) is 3.48. The summed E-state index contributed by atoms with van der Waals surface area (Å²) in [6.07, 6.45) is 0.602. The van der Waals surface area contributed by atoms with E-state index in [1.54, 1.807) is 16.2 Å². The Balaban J connectivity index is 1.92. The molecule has 23 heavy (non-hydrogen) atoms. The molecule has 1 amide bonds. The molecule has 0 saturated carbocycles. The minimum absolute atomic E-state index is 0.0856. The van der Waals surface area contributed by atoms with Crippen molar-refractivity contribution in [2.24, 2.45) is 5.73 Å². The summed E-state index contributed by atoms with van der Waals surface area (Å²) in [6, 6.07) is 9.05. The zero-order valence-electron chi connectivity index (χ0n) is 13.0. The zero-order chi connectivity index (χ0) is 16.2. The van der Waals surface area contributed by atoms with Gasteiger partial charge in [0.05, 0.1) is 12.6 Å². The molecule has 1 aliphatic heterocycles. The van der Waals surface area contributed by atoms with Gasteiger partial charge in [0.15, 0.2) is 11.5 Å². The average Bonchev–Trinajstić information content (AvgIpc) is 3.11. The molecule has 0 aliphatic carbocycles. The summed E-state index contributed by atoms with van der Waals surface area (Å²) < 4.78 is 11.2. The molecule has 0 radical (unpaired) electrons. The van der Waals surface area contributed by atoms with Crippen LogP contribution in [0.25, 0.3) is 0 Å². The third-order valence-corrected chi connectivity index (χ3v) is 4.62. The van der Waals surface area contributed by atoms with Gasteiger partial charge in [-0.1, -0.05) is 13.0 Å². The quantitative estimate of drug-likeness (QED) is 0.914. The lowest BCUT2D eigenvalue weighted by Gasteiger charge is -2.27. The van der Waals surface area contributed by atoms with Crippen molar-refractivity contribution in [1.29, 1.82) is 0 Å². The van der Waals surface area contributed by atoms with E-state index in [0.29, 0.717) is 37.7 Å². The van der Waals surface area contributed by atoms with Crippen molar-refractivity contribution < 1.29 is 14.3 Å². The van der Waals surface area contributed by atoms with Gasteiger partial charge in [-0.3, -0.25) is 4.79 Å². The van der Waals surface area contributed by atoms with Gasteiger partial charge in [-0.05, 0) is 30.0 Å². The van der Waals surface area contributed by atoms with Crippen LogP contribution in [-0.2, 0) is 11.3 Å². The number of anilines is 1. The summed E-state index contributed by atoms with van der Waals surface area (Å²) in [7, 11) is 0. The van der Waals surface area contributed by atoms with Gasteiger partial charge in [-0.15, -0.1) is 11.3 Å². The van der Waals surface area contributed by atoms with Crippen molar-refractivity contribution in [1.82, 2.24) is 0 Å². The molecule has 0 spiro atoms. The van der Waals surface area contributed by atoms with Crippen molar-refractivity contribution in [2.45, 2.75) is 25.9 Å². The highest BCUT2D eigenvalue weighted by Crippen LogP contribution is 2.34. The number of carbonyl (C=O) groups excluding carboxylic acids is 1. The summed E-state index contributed by atoms with van der Waals surface area (Å²) in [6.45, 7) is 3.48. The predicted octanol–water partition coefficient (Wildman–Crippen LogP) is 2.79. The van der Waals surface area contributed by atoms with Gasteiger partial charge in [0, 0.05) is 16.6 Å². The number of thiophene rings is 1. The van der Waals surface area contributed by atoms with Crippen molar-refractivity contribution in [3.05, 3.63) is 40.6 Å². The fraction of sp³-hybridized carbons (Fsp3) is 0.353. The fourth-order valence-electron chi connectivity index (χ4n) is 2.43. The number of ether oxygens (including phenoxy) is 2. The van der Waals surface area contributed by atoms with Crippen LogP contribution in [0.2, 0.25) is 0 Å². The van der Waals surface area contributed by atoms with E-state index in [4.69, 9.17) is 15.2 Å². The lowest BCUT2D eigenvalue weighted by Crippen LogP contribution is -2.43. The molecule has 0 fully saturated rings. The number of hydrogen-bond acceptors (Lipinski definition) is 5. The maximum Gasteiger partial charge on any atom is 0.244 e. The summed E-state index contributed by atoms with van der Waals surface area (Å²) in [5.41, 5.74) is 6.75. The normalized spacial score (nSPS) is 14.3. The Hall–Kier alpha value is -2.05. The molecule has 6 heteroatoms. The molecule has 0 saturated heterocycles.